The summed E-state index contributed by atoms with van der Waals surface area (Å²) >= 11 is 1.69. The van der Waals surface area contributed by atoms with Crippen LogP contribution in [0, 0.1) is 5.92 Å². The first-order chi connectivity index (χ1) is 9.10. The zero-order valence-electron chi connectivity index (χ0n) is 12.2. The van der Waals surface area contributed by atoms with Gasteiger partial charge in [0.05, 0.1) is 6.04 Å². The van der Waals surface area contributed by atoms with Crippen LogP contribution in [0.4, 0.5) is 0 Å². The highest BCUT2D eigenvalue weighted by Gasteiger charge is 2.43. The van der Waals surface area contributed by atoms with E-state index in [9.17, 15) is 4.79 Å². The fourth-order valence-electron chi connectivity index (χ4n) is 2.85. The third kappa shape index (κ3) is 2.70. The quantitative estimate of drug-likeness (QED) is 0.896. The molecule has 2 rings (SSSR count). The number of nitrogens with one attached hydrogen (secondary N) is 1. The van der Waals surface area contributed by atoms with Crippen molar-refractivity contribution in [2.75, 3.05) is 0 Å². The average Bonchev–Trinajstić information content (AvgIpc) is 3.00. The zero-order valence-corrected chi connectivity index (χ0v) is 13.0. The van der Waals surface area contributed by atoms with Crippen LogP contribution in [-0.2, 0) is 4.79 Å². The van der Waals surface area contributed by atoms with Gasteiger partial charge >= 0.3 is 0 Å². The molecule has 1 fully saturated rings. The molecule has 1 aromatic rings. The fraction of sp³-hybridized carbons (Fsp3) is 0.667. The van der Waals surface area contributed by atoms with E-state index in [1.54, 1.807) is 11.3 Å². The molecule has 2 atom stereocenters. The van der Waals surface area contributed by atoms with Crippen LogP contribution in [-0.4, -0.2) is 22.9 Å². The van der Waals surface area contributed by atoms with Crippen molar-refractivity contribution in [3.63, 3.8) is 0 Å². The predicted octanol–water partition coefficient (Wildman–Crippen LogP) is 3.39. The van der Waals surface area contributed by atoms with E-state index in [-0.39, 0.29) is 18.1 Å². The van der Waals surface area contributed by atoms with Gasteiger partial charge in [-0.25, -0.2) is 0 Å². The van der Waals surface area contributed by atoms with Crippen LogP contribution in [0.15, 0.2) is 16.8 Å². The average molecular weight is 280 g/mol. The van der Waals surface area contributed by atoms with Gasteiger partial charge in [-0.1, -0.05) is 27.7 Å². The molecule has 1 aromatic heterocycles. The van der Waals surface area contributed by atoms with Crippen LogP contribution in [0.1, 0.15) is 52.3 Å². The first-order valence-corrected chi connectivity index (χ1v) is 8.14. The Morgan fingerprint density at radius 1 is 1.37 bits per heavy atom. The second-order valence-electron chi connectivity index (χ2n) is 5.56. The lowest BCUT2D eigenvalue weighted by molar-refractivity contribution is -0.133. The Hall–Kier alpha value is -0.870. The van der Waals surface area contributed by atoms with Gasteiger partial charge in [0.25, 0.3) is 0 Å². The summed E-state index contributed by atoms with van der Waals surface area (Å²) in [5.41, 5.74) is 1.22. The standard InChI is InChI=1S/C15H24N2OS/c1-5-12(6-2)17-14(11-7-8-19-9-11)16-13(10(3)4)15(17)18/h7-10,12-14,16H,5-6H2,1-4H3. The van der Waals surface area contributed by atoms with E-state index in [4.69, 9.17) is 0 Å². The van der Waals surface area contributed by atoms with Crippen molar-refractivity contribution in [2.45, 2.75) is 58.8 Å². The molecule has 0 spiro atoms. The summed E-state index contributed by atoms with van der Waals surface area (Å²) in [4.78, 5) is 14.8. The molecule has 2 heterocycles. The van der Waals surface area contributed by atoms with Gasteiger partial charge in [-0.2, -0.15) is 11.3 Å². The Morgan fingerprint density at radius 3 is 2.53 bits per heavy atom. The lowest BCUT2D eigenvalue weighted by Crippen LogP contribution is -2.40. The molecule has 3 nitrogen and oxygen atoms in total. The summed E-state index contributed by atoms with van der Waals surface area (Å²) in [5.74, 6) is 0.591. The molecular weight excluding hydrogens is 256 g/mol. The molecule has 2 unspecified atom stereocenters. The number of amides is 1. The molecule has 106 valence electrons. The number of carbonyl (C=O) groups excluding carboxylic acids is 1. The molecule has 0 aromatic carbocycles. The van der Waals surface area contributed by atoms with Gasteiger partial charge < -0.3 is 4.90 Å². The van der Waals surface area contributed by atoms with Crippen LogP contribution < -0.4 is 5.32 Å². The van der Waals surface area contributed by atoms with Gasteiger partial charge in [-0.3, -0.25) is 10.1 Å². The van der Waals surface area contributed by atoms with Gasteiger partial charge in [0.1, 0.15) is 6.17 Å². The molecule has 0 aliphatic carbocycles. The number of thiophene rings is 1. The van der Waals surface area contributed by atoms with Crippen molar-refractivity contribution in [3.05, 3.63) is 22.4 Å². The molecular formula is C15H24N2OS. The Morgan fingerprint density at radius 2 is 2.05 bits per heavy atom. The van der Waals surface area contributed by atoms with Crippen molar-refractivity contribution in [1.29, 1.82) is 0 Å². The second kappa shape index (κ2) is 6.06. The topological polar surface area (TPSA) is 32.3 Å². The smallest absolute Gasteiger partial charge is 0.241 e. The first-order valence-electron chi connectivity index (χ1n) is 7.20. The third-order valence-electron chi connectivity index (χ3n) is 4.00. The number of carbonyl (C=O) groups is 1. The van der Waals surface area contributed by atoms with Crippen LogP contribution >= 0.6 is 11.3 Å². The highest BCUT2D eigenvalue weighted by Crippen LogP contribution is 2.32. The van der Waals surface area contributed by atoms with Crippen molar-refractivity contribution < 1.29 is 4.79 Å². The van der Waals surface area contributed by atoms with Crippen LogP contribution in [0.3, 0.4) is 0 Å². The summed E-state index contributed by atoms with van der Waals surface area (Å²) in [6.07, 6.45) is 2.07. The Balaban J connectivity index is 2.31. The summed E-state index contributed by atoms with van der Waals surface area (Å²) in [6, 6.07) is 2.40. The van der Waals surface area contributed by atoms with Gasteiger partial charge in [0.2, 0.25) is 5.91 Å². The minimum absolute atomic E-state index is 0.0505. The highest BCUT2D eigenvalue weighted by molar-refractivity contribution is 7.07. The minimum Gasteiger partial charge on any atom is -0.319 e. The number of hydrogen-bond acceptors (Lipinski definition) is 3. The molecule has 1 aliphatic heterocycles. The predicted molar refractivity (Wildman–Crippen MR) is 80.0 cm³/mol. The van der Waals surface area contributed by atoms with E-state index in [1.165, 1.54) is 5.56 Å². The lowest BCUT2D eigenvalue weighted by atomic mass is 10.0. The zero-order chi connectivity index (χ0) is 14.0. The van der Waals surface area contributed by atoms with E-state index >= 15 is 0 Å². The maximum Gasteiger partial charge on any atom is 0.241 e. The second-order valence-corrected chi connectivity index (χ2v) is 6.34. The van der Waals surface area contributed by atoms with E-state index in [0.29, 0.717) is 12.0 Å². The number of nitrogens with zero attached hydrogens (tertiary/aromatic N) is 1. The van der Waals surface area contributed by atoms with Crippen molar-refractivity contribution in [3.8, 4) is 0 Å². The molecule has 0 saturated carbocycles. The Bertz CT molecular complexity index is 412. The first kappa shape index (κ1) is 14.5. The monoisotopic (exact) mass is 280 g/mol. The van der Waals surface area contributed by atoms with Crippen LogP contribution in [0.2, 0.25) is 0 Å². The van der Waals surface area contributed by atoms with E-state index in [2.05, 4.69) is 54.7 Å². The van der Waals surface area contributed by atoms with Gasteiger partial charge in [0, 0.05) is 6.04 Å². The van der Waals surface area contributed by atoms with Crippen molar-refractivity contribution in [2.24, 2.45) is 5.92 Å². The fourth-order valence-corrected chi connectivity index (χ4v) is 3.53. The lowest BCUT2D eigenvalue weighted by Gasteiger charge is -2.31. The maximum atomic E-state index is 12.7. The number of rotatable bonds is 5. The molecule has 1 N–H and O–H groups in total. The molecule has 19 heavy (non-hydrogen) atoms. The summed E-state index contributed by atoms with van der Waals surface area (Å²) in [6.45, 7) is 8.54. The highest BCUT2D eigenvalue weighted by atomic mass is 32.1. The largest absolute Gasteiger partial charge is 0.319 e. The van der Waals surface area contributed by atoms with Crippen LogP contribution in [0.5, 0.6) is 0 Å². The van der Waals surface area contributed by atoms with E-state index in [0.717, 1.165) is 12.8 Å². The number of hydrogen-bond donors (Lipinski definition) is 1. The Kier molecular flexibility index (Phi) is 4.63. The van der Waals surface area contributed by atoms with Crippen LogP contribution in [0.25, 0.3) is 0 Å². The van der Waals surface area contributed by atoms with Crippen molar-refractivity contribution >= 4 is 17.2 Å². The van der Waals surface area contributed by atoms with Gasteiger partial charge in [-0.05, 0) is 41.1 Å². The van der Waals surface area contributed by atoms with E-state index in [1.807, 2.05) is 0 Å². The van der Waals surface area contributed by atoms with Gasteiger partial charge in [-0.15, -0.1) is 0 Å². The molecule has 0 radical (unpaired) electrons. The van der Waals surface area contributed by atoms with E-state index < -0.39 is 0 Å². The summed E-state index contributed by atoms with van der Waals surface area (Å²) in [7, 11) is 0. The van der Waals surface area contributed by atoms with Crippen molar-refractivity contribution in [1.82, 2.24) is 10.2 Å². The maximum absolute atomic E-state index is 12.7. The Labute approximate surface area is 120 Å². The molecule has 0 bridgehead atoms. The summed E-state index contributed by atoms with van der Waals surface area (Å²) in [5, 5.41) is 7.75. The SMILES string of the molecule is CCC(CC)N1C(=O)C(C(C)C)NC1c1ccsc1. The molecule has 1 aliphatic rings. The van der Waals surface area contributed by atoms with Gasteiger partial charge in [0.15, 0.2) is 0 Å². The summed E-state index contributed by atoms with van der Waals surface area (Å²) < 4.78 is 0. The third-order valence-corrected chi connectivity index (χ3v) is 4.70. The normalized spacial score (nSPS) is 23.9. The molecule has 1 amide bonds. The molecule has 4 heteroatoms. The molecule has 1 saturated heterocycles. The minimum atomic E-state index is -0.0505.